The van der Waals surface area contributed by atoms with E-state index in [9.17, 15) is 0 Å². The Labute approximate surface area is 111 Å². The van der Waals surface area contributed by atoms with E-state index in [1.165, 1.54) is 19.4 Å². The van der Waals surface area contributed by atoms with Gasteiger partial charge in [0.1, 0.15) is 0 Å². The van der Waals surface area contributed by atoms with Gasteiger partial charge in [0.2, 0.25) is 0 Å². The monoisotopic (exact) mass is 256 g/mol. The zero-order chi connectivity index (χ0) is 13.2. The van der Waals surface area contributed by atoms with Crippen molar-refractivity contribution in [1.29, 1.82) is 0 Å². The Morgan fingerprint density at radius 2 is 2.33 bits per heavy atom. The normalized spacial score (nSPS) is 21.4. The van der Waals surface area contributed by atoms with Crippen LogP contribution in [0.15, 0.2) is 4.99 Å². The standard InChI is InChI=1S/C13H28N4O/c1-3-17-9-6-7-12(17)11-16-13(14)15-8-4-5-10-18-2/h12H,3-11H2,1-2H3,(H3,14,15,16). The Morgan fingerprint density at radius 1 is 1.50 bits per heavy atom. The summed E-state index contributed by atoms with van der Waals surface area (Å²) in [5.74, 6) is 0.579. The second kappa shape index (κ2) is 9.16. The number of nitrogens with one attached hydrogen (secondary N) is 1. The number of aliphatic imine (C=N–C) groups is 1. The van der Waals surface area contributed by atoms with Crippen LogP contribution >= 0.6 is 0 Å². The summed E-state index contributed by atoms with van der Waals surface area (Å²) >= 11 is 0. The minimum absolute atomic E-state index is 0.579. The van der Waals surface area contributed by atoms with Gasteiger partial charge >= 0.3 is 0 Å². The second-order valence-corrected chi connectivity index (χ2v) is 4.78. The average molecular weight is 256 g/mol. The number of rotatable bonds is 8. The summed E-state index contributed by atoms with van der Waals surface area (Å²) in [5, 5.41) is 3.15. The molecule has 1 saturated heterocycles. The van der Waals surface area contributed by atoms with Gasteiger partial charge in [0.05, 0.1) is 6.54 Å². The summed E-state index contributed by atoms with van der Waals surface area (Å²) in [6.45, 7) is 7.04. The number of methoxy groups -OCH3 is 1. The van der Waals surface area contributed by atoms with Crippen molar-refractivity contribution in [2.45, 2.75) is 38.6 Å². The van der Waals surface area contributed by atoms with E-state index < -0.39 is 0 Å². The Morgan fingerprint density at radius 3 is 3.06 bits per heavy atom. The van der Waals surface area contributed by atoms with Crippen LogP contribution in [-0.4, -0.2) is 56.8 Å². The van der Waals surface area contributed by atoms with E-state index in [4.69, 9.17) is 10.5 Å². The highest BCUT2D eigenvalue weighted by atomic mass is 16.5. The van der Waals surface area contributed by atoms with E-state index in [1.54, 1.807) is 7.11 Å². The third kappa shape index (κ3) is 5.69. The number of hydrogen-bond donors (Lipinski definition) is 2. The molecule has 1 aliphatic heterocycles. The van der Waals surface area contributed by atoms with Crippen LogP contribution in [0, 0.1) is 0 Å². The van der Waals surface area contributed by atoms with Gasteiger partial charge in [0, 0.05) is 26.3 Å². The van der Waals surface area contributed by atoms with E-state index in [0.29, 0.717) is 12.0 Å². The Kier molecular flexibility index (Phi) is 7.76. The van der Waals surface area contributed by atoms with E-state index in [1.807, 2.05) is 0 Å². The van der Waals surface area contributed by atoms with Gasteiger partial charge in [-0.25, -0.2) is 0 Å². The number of nitrogens with two attached hydrogens (primary N) is 1. The third-order valence-electron chi connectivity index (χ3n) is 3.46. The Bertz CT molecular complexity index is 245. The first-order chi connectivity index (χ1) is 8.77. The van der Waals surface area contributed by atoms with Crippen LogP contribution in [0.2, 0.25) is 0 Å². The summed E-state index contributed by atoms with van der Waals surface area (Å²) in [5.41, 5.74) is 5.84. The van der Waals surface area contributed by atoms with Crippen molar-refractivity contribution < 1.29 is 4.74 Å². The molecule has 5 nitrogen and oxygen atoms in total. The Hall–Kier alpha value is -0.810. The molecule has 1 rings (SSSR count). The molecular formula is C13H28N4O. The number of hydrogen-bond acceptors (Lipinski definition) is 3. The molecular weight excluding hydrogens is 228 g/mol. The summed E-state index contributed by atoms with van der Waals surface area (Å²) in [4.78, 5) is 6.91. The zero-order valence-corrected chi connectivity index (χ0v) is 11.8. The largest absolute Gasteiger partial charge is 0.385 e. The number of unbranched alkanes of at least 4 members (excludes halogenated alkanes) is 1. The maximum atomic E-state index is 5.84. The van der Waals surface area contributed by atoms with Crippen LogP contribution in [0.5, 0.6) is 0 Å². The molecule has 3 N–H and O–H groups in total. The van der Waals surface area contributed by atoms with E-state index in [2.05, 4.69) is 22.1 Å². The van der Waals surface area contributed by atoms with Gasteiger partial charge in [0.25, 0.3) is 0 Å². The van der Waals surface area contributed by atoms with Gasteiger partial charge in [-0.15, -0.1) is 0 Å². The van der Waals surface area contributed by atoms with Gasteiger partial charge in [-0.3, -0.25) is 9.89 Å². The van der Waals surface area contributed by atoms with Crippen molar-refractivity contribution in [2.24, 2.45) is 10.7 Å². The first-order valence-electron chi connectivity index (χ1n) is 7.04. The van der Waals surface area contributed by atoms with E-state index >= 15 is 0 Å². The van der Waals surface area contributed by atoms with Crippen molar-refractivity contribution in [2.75, 3.05) is 39.9 Å². The number of nitrogens with zero attached hydrogens (tertiary/aromatic N) is 2. The fourth-order valence-electron chi connectivity index (χ4n) is 2.37. The zero-order valence-electron chi connectivity index (χ0n) is 11.8. The minimum atomic E-state index is 0.579. The second-order valence-electron chi connectivity index (χ2n) is 4.78. The van der Waals surface area contributed by atoms with Gasteiger partial charge in [-0.05, 0) is 38.8 Å². The molecule has 1 unspecified atom stereocenters. The third-order valence-corrected chi connectivity index (χ3v) is 3.46. The highest BCUT2D eigenvalue weighted by Gasteiger charge is 2.22. The molecule has 0 aromatic rings. The SMILES string of the molecule is CCN1CCCC1CN=C(N)NCCCCOC. The summed E-state index contributed by atoms with van der Waals surface area (Å²) in [7, 11) is 1.73. The molecule has 0 aromatic carbocycles. The molecule has 1 atom stereocenters. The van der Waals surface area contributed by atoms with Crippen LogP contribution in [-0.2, 0) is 4.74 Å². The van der Waals surface area contributed by atoms with Crippen molar-refractivity contribution in [3.8, 4) is 0 Å². The van der Waals surface area contributed by atoms with Crippen LogP contribution in [0.4, 0.5) is 0 Å². The molecule has 0 aromatic heterocycles. The number of likely N-dealkylation sites (tertiary alicyclic amines) is 1. The lowest BCUT2D eigenvalue weighted by Crippen LogP contribution is -2.36. The van der Waals surface area contributed by atoms with Crippen LogP contribution in [0.3, 0.4) is 0 Å². The van der Waals surface area contributed by atoms with Gasteiger partial charge < -0.3 is 15.8 Å². The lowest BCUT2D eigenvalue weighted by atomic mass is 10.2. The minimum Gasteiger partial charge on any atom is -0.385 e. The number of guanidine groups is 1. The summed E-state index contributed by atoms with van der Waals surface area (Å²) < 4.78 is 4.99. The fourth-order valence-corrected chi connectivity index (χ4v) is 2.37. The molecule has 1 heterocycles. The molecule has 0 aliphatic carbocycles. The molecule has 0 saturated carbocycles. The predicted molar refractivity (Wildman–Crippen MR) is 75.9 cm³/mol. The summed E-state index contributed by atoms with van der Waals surface area (Å²) in [6, 6.07) is 0.587. The van der Waals surface area contributed by atoms with E-state index in [-0.39, 0.29) is 0 Å². The van der Waals surface area contributed by atoms with Gasteiger partial charge in [0.15, 0.2) is 5.96 Å². The molecule has 106 valence electrons. The van der Waals surface area contributed by atoms with Crippen LogP contribution in [0.25, 0.3) is 0 Å². The highest BCUT2D eigenvalue weighted by Crippen LogP contribution is 2.16. The molecule has 0 radical (unpaired) electrons. The fraction of sp³-hybridized carbons (Fsp3) is 0.923. The number of ether oxygens (including phenoxy) is 1. The van der Waals surface area contributed by atoms with Crippen molar-refractivity contribution in [3.05, 3.63) is 0 Å². The average Bonchev–Trinajstić information content (AvgIpc) is 2.83. The Balaban J connectivity index is 2.12. The highest BCUT2D eigenvalue weighted by molar-refractivity contribution is 5.77. The molecule has 1 fully saturated rings. The van der Waals surface area contributed by atoms with Gasteiger partial charge in [-0.2, -0.15) is 0 Å². The lowest BCUT2D eigenvalue weighted by Gasteiger charge is -2.20. The van der Waals surface area contributed by atoms with E-state index in [0.717, 1.165) is 39.1 Å². The molecule has 5 heteroatoms. The molecule has 0 spiro atoms. The van der Waals surface area contributed by atoms with Crippen LogP contribution in [0.1, 0.15) is 32.6 Å². The molecule has 0 bridgehead atoms. The first-order valence-corrected chi connectivity index (χ1v) is 7.04. The lowest BCUT2D eigenvalue weighted by molar-refractivity contribution is 0.193. The topological polar surface area (TPSA) is 62.9 Å². The first kappa shape index (κ1) is 15.2. The van der Waals surface area contributed by atoms with Crippen molar-refractivity contribution in [3.63, 3.8) is 0 Å². The maximum absolute atomic E-state index is 5.84. The van der Waals surface area contributed by atoms with Crippen LogP contribution < -0.4 is 11.1 Å². The molecule has 1 aliphatic rings. The summed E-state index contributed by atoms with van der Waals surface area (Å²) in [6.07, 6.45) is 4.66. The quantitative estimate of drug-likeness (QED) is 0.383. The van der Waals surface area contributed by atoms with Crippen molar-refractivity contribution >= 4 is 5.96 Å². The molecule has 0 amide bonds. The predicted octanol–water partition coefficient (Wildman–Crippen LogP) is 0.802. The maximum Gasteiger partial charge on any atom is 0.188 e. The molecule has 18 heavy (non-hydrogen) atoms. The number of likely N-dealkylation sites (N-methyl/N-ethyl adjacent to an activating group) is 1. The van der Waals surface area contributed by atoms with Gasteiger partial charge in [-0.1, -0.05) is 6.92 Å². The smallest absolute Gasteiger partial charge is 0.188 e. The van der Waals surface area contributed by atoms with Crippen molar-refractivity contribution in [1.82, 2.24) is 10.2 Å².